The van der Waals surface area contributed by atoms with Crippen molar-refractivity contribution < 1.29 is 14.3 Å². The van der Waals surface area contributed by atoms with Gasteiger partial charge in [0.25, 0.3) is 5.91 Å². The summed E-state index contributed by atoms with van der Waals surface area (Å²) in [4.78, 5) is 31.4. The Morgan fingerprint density at radius 2 is 1.89 bits per heavy atom. The minimum Gasteiger partial charge on any atom is -0.476 e. The van der Waals surface area contributed by atoms with E-state index in [1.54, 1.807) is 43.3 Å². The van der Waals surface area contributed by atoms with Crippen molar-refractivity contribution in [3.8, 4) is 5.75 Å². The SMILES string of the molecule is CC(C)C1Oc2ccc(N)nc2N(C(C)C(=O)Nc2ccc(Cl)cc2)C1=O. The Balaban J connectivity index is 1.92. The molecule has 2 aromatic rings. The molecule has 142 valence electrons. The molecule has 2 atom stereocenters. The molecule has 8 heteroatoms. The van der Waals surface area contributed by atoms with Crippen molar-refractivity contribution in [2.75, 3.05) is 16.0 Å². The van der Waals surface area contributed by atoms with Crippen molar-refractivity contribution in [3.63, 3.8) is 0 Å². The molecule has 3 N–H and O–H groups in total. The number of ether oxygens (including phenoxy) is 1. The van der Waals surface area contributed by atoms with Crippen LogP contribution in [0.2, 0.25) is 5.02 Å². The zero-order valence-corrected chi connectivity index (χ0v) is 16.0. The molecule has 27 heavy (non-hydrogen) atoms. The van der Waals surface area contributed by atoms with Gasteiger partial charge in [-0.25, -0.2) is 4.98 Å². The lowest BCUT2D eigenvalue weighted by molar-refractivity contribution is -0.130. The number of nitrogens with two attached hydrogens (primary N) is 1. The van der Waals surface area contributed by atoms with Crippen molar-refractivity contribution in [2.24, 2.45) is 5.92 Å². The van der Waals surface area contributed by atoms with E-state index in [1.165, 1.54) is 4.90 Å². The van der Waals surface area contributed by atoms with Gasteiger partial charge in [-0.15, -0.1) is 0 Å². The van der Waals surface area contributed by atoms with E-state index >= 15 is 0 Å². The predicted octanol–water partition coefficient (Wildman–Crippen LogP) is 3.09. The number of aromatic nitrogens is 1. The van der Waals surface area contributed by atoms with Crippen LogP contribution in [0, 0.1) is 5.92 Å². The zero-order valence-electron chi connectivity index (χ0n) is 15.3. The van der Waals surface area contributed by atoms with E-state index in [4.69, 9.17) is 22.1 Å². The van der Waals surface area contributed by atoms with E-state index in [2.05, 4.69) is 10.3 Å². The van der Waals surface area contributed by atoms with E-state index in [-0.39, 0.29) is 29.4 Å². The number of pyridine rings is 1. The smallest absolute Gasteiger partial charge is 0.270 e. The van der Waals surface area contributed by atoms with Crippen molar-refractivity contribution >= 4 is 40.7 Å². The molecule has 2 unspecified atom stereocenters. The van der Waals surface area contributed by atoms with Gasteiger partial charge in [-0.3, -0.25) is 14.5 Å². The maximum absolute atomic E-state index is 13.0. The molecule has 0 spiro atoms. The summed E-state index contributed by atoms with van der Waals surface area (Å²) in [6.07, 6.45) is -0.700. The van der Waals surface area contributed by atoms with Crippen LogP contribution in [-0.2, 0) is 9.59 Å². The van der Waals surface area contributed by atoms with Gasteiger partial charge in [0.15, 0.2) is 17.7 Å². The molecular formula is C19H21ClN4O3. The summed E-state index contributed by atoms with van der Waals surface area (Å²) in [5.41, 5.74) is 6.36. The third-order valence-electron chi connectivity index (χ3n) is 4.31. The molecule has 7 nitrogen and oxygen atoms in total. The fourth-order valence-corrected chi connectivity index (χ4v) is 2.96. The van der Waals surface area contributed by atoms with Crippen LogP contribution in [0.4, 0.5) is 17.3 Å². The number of benzene rings is 1. The van der Waals surface area contributed by atoms with Crippen LogP contribution >= 0.6 is 11.6 Å². The Hall–Kier alpha value is -2.80. The third kappa shape index (κ3) is 3.83. The highest BCUT2D eigenvalue weighted by atomic mass is 35.5. The molecule has 1 aliphatic rings. The van der Waals surface area contributed by atoms with Crippen LogP contribution in [0.5, 0.6) is 5.75 Å². The molecule has 1 aromatic heterocycles. The second-order valence-electron chi connectivity index (χ2n) is 6.72. The summed E-state index contributed by atoms with van der Waals surface area (Å²) in [5, 5.41) is 3.35. The van der Waals surface area contributed by atoms with Gasteiger partial charge in [-0.2, -0.15) is 0 Å². The molecule has 0 saturated heterocycles. The van der Waals surface area contributed by atoms with Gasteiger partial charge < -0.3 is 15.8 Å². The number of rotatable bonds is 4. The monoisotopic (exact) mass is 388 g/mol. The summed E-state index contributed by atoms with van der Waals surface area (Å²) >= 11 is 5.87. The lowest BCUT2D eigenvalue weighted by Crippen LogP contribution is -2.55. The first-order valence-corrected chi connectivity index (χ1v) is 8.98. The van der Waals surface area contributed by atoms with Crippen molar-refractivity contribution in [1.82, 2.24) is 4.98 Å². The van der Waals surface area contributed by atoms with Gasteiger partial charge in [0.05, 0.1) is 0 Å². The van der Waals surface area contributed by atoms with E-state index in [9.17, 15) is 9.59 Å². The molecule has 2 heterocycles. The summed E-state index contributed by atoms with van der Waals surface area (Å²) in [5.74, 6) is 0.157. The summed E-state index contributed by atoms with van der Waals surface area (Å²) < 4.78 is 5.80. The number of nitrogen functional groups attached to an aromatic ring is 1. The minimum absolute atomic E-state index is 0.0720. The lowest BCUT2D eigenvalue weighted by Gasteiger charge is -2.37. The molecule has 2 amide bonds. The Bertz CT molecular complexity index is 870. The molecule has 0 aliphatic carbocycles. The molecule has 0 fully saturated rings. The quantitative estimate of drug-likeness (QED) is 0.838. The number of carbonyl (C=O) groups excluding carboxylic acids is 2. The first-order chi connectivity index (χ1) is 12.8. The van der Waals surface area contributed by atoms with Gasteiger partial charge in [-0.1, -0.05) is 25.4 Å². The number of fused-ring (bicyclic) bond motifs is 1. The molecule has 0 radical (unpaired) electrons. The highest BCUT2D eigenvalue weighted by Gasteiger charge is 2.41. The fraction of sp³-hybridized carbons (Fsp3) is 0.316. The van der Waals surface area contributed by atoms with Gasteiger partial charge in [0.1, 0.15) is 11.9 Å². The second-order valence-corrected chi connectivity index (χ2v) is 7.16. The first kappa shape index (κ1) is 19.0. The number of carbonyl (C=O) groups is 2. The minimum atomic E-state index is -0.814. The van der Waals surface area contributed by atoms with Crippen LogP contribution in [0.3, 0.4) is 0 Å². The van der Waals surface area contributed by atoms with Gasteiger partial charge in [0, 0.05) is 10.7 Å². The normalized spacial score (nSPS) is 17.3. The Labute approximate surface area is 162 Å². The summed E-state index contributed by atoms with van der Waals surface area (Å²) in [7, 11) is 0. The number of nitrogens with zero attached hydrogens (tertiary/aromatic N) is 2. The van der Waals surface area contributed by atoms with E-state index < -0.39 is 12.1 Å². The predicted molar refractivity (Wildman–Crippen MR) is 105 cm³/mol. The van der Waals surface area contributed by atoms with E-state index in [0.29, 0.717) is 16.5 Å². The molecule has 1 aliphatic heterocycles. The van der Waals surface area contributed by atoms with Gasteiger partial charge in [-0.05, 0) is 49.2 Å². The maximum Gasteiger partial charge on any atom is 0.270 e. The Kier molecular flexibility index (Phi) is 5.23. The summed E-state index contributed by atoms with van der Waals surface area (Å²) in [6.45, 7) is 5.41. The van der Waals surface area contributed by atoms with Crippen molar-refractivity contribution in [2.45, 2.75) is 32.9 Å². The summed E-state index contributed by atoms with van der Waals surface area (Å²) in [6, 6.07) is 9.18. The second kappa shape index (κ2) is 7.44. The average molecular weight is 389 g/mol. The Morgan fingerprint density at radius 1 is 1.22 bits per heavy atom. The molecule has 0 bridgehead atoms. The van der Waals surface area contributed by atoms with Crippen LogP contribution in [0.1, 0.15) is 20.8 Å². The largest absolute Gasteiger partial charge is 0.476 e. The molecule has 0 saturated carbocycles. The lowest BCUT2D eigenvalue weighted by atomic mass is 10.0. The highest BCUT2D eigenvalue weighted by molar-refractivity contribution is 6.30. The molecule has 1 aromatic carbocycles. The van der Waals surface area contributed by atoms with Crippen LogP contribution in [-0.4, -0.2) is 28.9 Å². The van der Waals surface area contributed by atoms with Gasteiger partial charge >= 0.3 is 0 Å². The van der Waals surface area contributed by atoms with Crippen molar-refractivity contribution in [1.29, 1.82) is 0 Å². The highest BCUT2D eigenvalue weighted by Crippen LogP contribution is 2.36. The van der Waals surface area contributed by atoms with Crippen LogP contribution in [0.25, 0.3) is 0 Å². The van der Waals surface area contributed by atoms with Crippen LogP contribution < -0.4 is 20.7 Å². The van der Waals surface area contributed by atoms with Gasteiger partial charge in [0.2, 0.25) is 5.91 Å². The third-order valence-corrected chi connectivity index (χ3v) is 4.56. The number of hydrogen-bond donors (Lipinski definition) is 2. The van der Waals surface area contributed by atoms with Crippen molar-refractivity contribution in [3.05, 3.63) is 41.4 Å². The average Bonchev–Trinajstić information content (AvgIpc) is 2.62. The van der Waals surface area contributed by atoms with E-state index in [1.807, 2.05) is 13.8 Å². The molecular weight excluding hydrogens is 368 g/mol. The fourth-order valence-electron chi connectivity index (χ4n) is 2.84. The topological polar surface area (TPSA) is 97.6 Å². The number of amides is 2. The number of halogens is 1. The standard InChI is InChI=1S/C19H21ClN4O3/c1-10(2)16-19(26)24(17-14(27-16)8-9-15(21)23-17)11(3)18(25)22-13-6-4-12(20)5-7-13/h4-11,16H,1-3H3,(H2,21,23)(H,22,25). The van der Waals surface area contributed by atoms with Crippen LogP contribution in [0.15, 0.2) is 36.4 Å². The first-order valence-electron chi connectivity index (χ1n) is 8.60. The Morgan fingerprint density at radius 3 is 2.52 bits per heavy atom. The number of hydrogen-bond acceptors (Lipinski definition) is 5. The molecule has 3 rings (SSSR count). The number of nitrogens with one attached hydrogen (secondary N) is 1. The number of anilines is 3. The van der Waals surface area contributed by atoms with E-state index in [0.717, 1.165) is 0 Å². The zero-order chi connectivity index (χ0) is 19.7. The maximum atomic E-state index is 13.0.